The van der Waals surface area contributed by atoms with Crippen molar-refractivity contribution in [2.45, 2.75) is 49.2 Å². The molecule has 4 heteroatoms. The van der Waals surface area contributed by atoms with Crippen LogP contribution in [0.5, 0.6) is 0 Å². The summed E-state index contributed by atoms with van der Waals surface area (Å²) in [6.45, 7) is 1.51. The summed E-state index contributed by atoms with van der Waals surface area (Å²) in [5.41, 5.74) is 1.83. The number of nitrogens with one attached hydrogen (secondary N) is 1. The van der Waals surface area contributed by atoms with Gasteiger partial charge < -0.3 is 10.4 Å². The molecule has 2 N–H and O–H groups in total. The van der Waals surface area contributed by atoms with Crippen molar-refractivity contribution in [3.63, 3.8) is 0 Å². The van der Waals surface area contributed by atoms with Crippen LogP contribution in [-0.2, 0) is 4.79 Å². The normalized spacial score (nSPS) is 16.3. The Kier molecular flexibility index (Phi) is 5.28. The number of aliphatic hydroxyl groups is 1. The van der Waals surface area contributed by atoms with Crippen LogP contribution in [0.3, 0.4) is 0 Å². The maximum atomic E-state index is 11.2. The Labute approximate surface area is 118 Å². The van der Waals surface area contributed by atoms with Gasteiger partial charge in [0.2, 0.25) is 5.91 Å². The van der Waals surface area contributed by atoms with Gasteiger partial charge in [0.15, 0.2) is 0 Å². The molecule has 0 bridgehead atoms. The first-order valence-electron chi connectivity index (χ1n) is 6.87. The lowest BCUT2D eigenvalue weighted by Crippen LogP contribution is -2.16. The van der Waals surface area contributed by atoms with Gasteiger partial charge in [0, 0.05) is 15.8 Å². The number of aliphatic hydroxyl groups excluding tert-OH is 1. The van der Waals surface area contributed by atoms with Gasteiger partial charge in [-0.05, 0) is 43.5 Å². The fourth-order valence-electron chi connectivity index (χ4n) is 2.41. The number of rotatable bonds is 4. The third kappa shape index (κ3) is 4.25. The number of amides is 1. The Hall–Kier alpha value is -1.00. The molecule has 104 valence electrons. The highest BCUT2D eigenvalue weighted by molar-refractivity contribution is 8.00. The van der Waals surface area contributed by atoms with Crippen molar-refractivity contribution >= 4 is 23.4 Å². The Balaban J connectivity index is 1.99. The van der Waals surface area contributed by atoms with Crippen molar-refractivity contribution in [3.05, 3.63) is 23.8 Å². The number of hydrogen-bond acceptors (Lipinski definition) is 3. The van der Waals surface area contributed by atoms with Gasteiger partial charge in [-0.25, -0.2) is 0 Å². The highest BCUT2D eigenvalue weighted by Gasteiger charge is 2.15. The average Bonchev–Trinajstić information content (AvgIpc) is 2.43. The fraction of sp³-hybridized carbons (Fsp3) is 0.533. The molecule has 1 aromatic rings. The van der Waals surface area contributed by atoms with Crippen LogP contribution in [0.15, 0.2) is 23.1 Å². The molecule has 1 amide bonds. The number of anilines is 1. The van der Waals surface area contributed by atoms with Crippen molar-refractivity contribution < 1.29 is 9.90 Å². The van der Waals surface area contributed by atoms with Crippen LogP contribution < -0.4 is 5.32 Å². The van der Waals surface area contributed by atoms with Crippen molar-refractivity contribution in [2.24, 2.45) is 0 Å². The van der Waals surface area contributed by atoms with E-state index in [9.17, 15) is 4.79 Å². The summed E-state index contributed by atoms with van der Waals surface area (Å²) in [5.74, 6) is -0.365. The zero-order chi connectivity index (χ0) is 13.7. The summed E-state index contributed by atoms with van der Waals surface area (Å²) in [7, 11) is 0. The summed E-state index contributed by atoms with van der Waals surface area (Å²) < 4.78 is 0. The van der Waals surface area contributed by atoms with Crippen molar-refractivity contribution in [1.29, 1.82) is 0 Å². The minimum Gasteiger partial charge on any atom is -0.387 e. The lowest BCUT2D eigenvalue weighted by atomic mass is 10.0. The average molecular weight is 279 g/mol. The molecule has 3 nitrogen and oxygen atoms in total. The van der Waals surface area contributed by atoms with Crippen molar-refractivity contribution in [3.8, 4) is 0 Å². The molecule has 0 atom stereocenters. The fourth-order valence-corrected chi connectivity index (χ4v) is 3.76. The molecule has 1 saturated carbocycles. The predicted octanol–water partition coefficient (Wildman–Crippen LogP) is 3.35. The first-order chi connectivity index (χ1) is 9.19. The van der Waals surface area contributed by atoms with Crippen LogP contribution in [0, 0.1) is 6.92 Å². The highest BCUT2D eigenvalue weighted by Crippen LogP contribution is 2.34. The molecular weight excluding hydrogens is 258 g/mol. The number of aryl methyl sites for hydroxylation is 1. The summed E-state index contributed by atoms with van der Waals surface area (Å²) in [4.78, 5) is 12.4. The monoisotopic (exact) mass is 279 g/mol. The maximum Gasteiger partial charge on any atom is 0.250 e. The zero-order valence-corrected chi connectivity index (χ0v) is 12.1. The molecule has 1 fully saturated rings. The minimum atomic E-state index is -0.474. The quantitative estimate of drug-likeness (QED) is 0.888. The number of hydrogen-bond donors (Lipinski definition) is 2. The van der Waals surface area contributed by atoms with Gasteiger partial charge in [-0.2, -0.15) is 0 Å². The van der Waals surface area contributed by atoms with Gasteiger partial charge in [0.05, 0.1) is 0 Å². The molecule has 0 aromatic heterocycles. The Morgan fingerprint density at radius 3 is 2.74 bits per heavy atom. The van der Waals surface area contributed by atoms with Gasteiger partial charge in [-0.3, -0.25) is 4.79 Å². The van der Waals surface area contributed by atoms with Crippen molar-refractivity contribution in [2.75, 3.05) is 11.9 Å². The summed E-state index contributed by atoms with van der Waals surface area (Å²) >= 11 is 1.95. The van der Waals surface area contributed by atoms with Crippen LogP contribution in [-0.4, -0.2) is 22.9 Å². The molecular formula is C15H21NO2S. The van der Waals surface area contributed by atoms with Gasteiger partial charge in [0.1, 0.15) is 6.61 Å². The summed E-state index contributed by atoms with van der Waals surface area (Å²) in [6.07, 6.45) is 6.70. The molecule has 1 aliphatic rings. The molecule has 0 aliphatic heterocycles. The van der Waals surface area contributed by atoms with Crippen LogP contribution in [0.2, 0.25) is 0 Å². The number of carbonyl (C=O) groups is 1. The largest absolute Gasteiger partial charge is 0.387 e. The van der Waals surface area contributed by atoms with E-state index in [1.807, 2.05) is 24.8 Å². The van der Waals surface area contributed by atoms with E-state index in [0.29, 0.717) is 0 Å². The van der Waals surface area contributed by atoms with Gasteiger partial charge in [-0.15, -0.1) is 11.8 Å². The molecule has 2 rings (SSSR count). The lowest BCUT2D eigenvalue weighted by molar-refractivity contribution is -0.118. The molecule has 0 heterocycles. The topological polar surface area (TPSA) is 49.3 Å². The lowest BCUT2D eigenvalue weighted by Gasteiger charge is -2.21. The smallest absolute Gasteiger partial charge is 0.250 e. The van der Waals surface area contributed by atoms with Crippen molar-refractivity contribution in [1.82, 2.24) is 0 Å². The summed E-state index contributed by atoms with van der Waals surface area (Å²) in [5, 5.41) is 12.2. The van der Waals surface area contributed by atoms with Crippen LogP contribution in [0.1, 0.15) is 37.7 Å². The van der Waals surface area contributed by atoms with E-state index >= 15 is 0 Å². The van der Waals surface area contributed by atoms with E-state index in [1.54, 1.807) is 0 Å². The van der Waals surface area contributed by atoms with Crippen LogP contribution in [0.4, 0.5) is 5.69 Å². The highest BCUT2D eigenvalue weighted by atomic mass is 32.2. The van der Waals surface area contributed by atoms with E-state index in [1.165, 1.54) is 37.0 Å². The number of benzene rings is 1. The van der Waals surface area contributed by atoms with Gasteiger partial charge >= 0.3 is 0 Å². The minimum absolute atomic E-state index is 0.365. The molecule has 0 saturated heterocycles. The van der Waals surface area contributed by atoms with E-state index in [4.69, 9.17) is 5.11 Å². The van der Waals surface area contributed by atoms with E-state index in [-0.39, 0.29) is 5.91 Å². The van der Waals surface area contributed by atoms with E-state index in [2.05, 4.69) is 17.4 Å². The predicted molar refractivity (Wildman–Crippen MR) is 79.6 cm³/mol. The third-order valence-electron chi connectivity index (χ3n) is 3.47. The second kappa shape index (κ2) is 6.96. The first kappa shape index (κ1) is 14.4. The maximum absolute atomic E-state index is 11.2. The molecule has 1 aliphatic carbocycles. The molecule has 0 unspecified atom stereocenters. The Bertz CT molecular complexity index is 442. The van der Waals surface area contributed by atoms with E-state index in [0.717, 1.165) is 16.5 Å². The zero-order valence-electron chi connectivity index (χ0n) is 11.3. The van der Waals surface area contributed by atoms with Crippen LogP contribution >= 0.6 is 11.8 Å². The third-order valence-corrected chi connectivity index (χ3v) is 4.80. The Morgan fingerprint density at radius 2 is 2.11 bits per heavy atom. The van der Waals surface area contributed by atoms with Crippen LogP contribution in [0.25, 0.3) is 0 Å². The Morgan fingerprint density at radius 1 is 1.37 bits per heavy atom. The second-order valence-corrected chi connectivity index (χ2v) is 6.43. The SMILES string of the molecule is Cc1cc(SC2CCCCC2)ccc1NC(=O)CO. The molecule has 0 radical (unpaired) electrons. The van der Waals surface area contributed by atoms with Gasteiger partial charge in [-0.1, -0.05) is 19.3 Å². The summed E-state index contributed by atoms with van der Waals surface area (Å²) in [6, 6.07) is 6.10. The molecule has 19 heavy (non-hydrogen) atoms. The first-order valence-corrected chi connectivity index (χ1v) is 7.75. The molecule has 1 aromatic carbocycles. The molecule has 0 spiro atoms. The number of carbonyl (C=O) groups excluding carboxylic acids is 1. The standard InChI is InChI=1S/C15H21NO2S/c1-11-9-13(19-12-5-3-2-4-6-12)7-8-14(11)16-15(18)10-17/h7-9,12,17H,2-6,10H2,1H3,(H,16,18). The van der Waals surface area contributed by atoms with Gasteiger partial charge in [0.25, 0.3) is 0 Å². The second-order valence-electron chi connectivity index (χ2n) is 5.06. The number of thioether (sulfide) groups is 1. The van der Waals surface area contributed by atoms with E-state index < -0.39 is 6.61 Å².